The maximum atomic E-state index is 13.9. The number of ketones is 1. The van der Waals surface area contributed by atoms with Gasteiger partial charge in [0.2, 0.25) is 0 Å². The van der Waals surface area contributed by atoms with Crippen molar-refractivity contribution in [3.8, 4) is 0 Å². The summed E-state index contributed by atoms with van der Waals surface area (Å²) in [5.41, 5.74) is 1.06. The predicted molar refractivity (Wildman–Crippen MR) is 142 cm³/mol. The van der Waals surface area contributed by atoms with Gasteiger partial charge < -0.3 is 4.90 Å². The zero-order valence-electron chi connectivity index (χ0n) is 20.8. The van der Waals surface area contributed by atoms with Gasteiger partial charge in [0.05, 0.1) is 16.1 Å². The van der Waals surface area contributed by atoms with Crippen LogP contribution in [0.1, 0.15) is 74.0 Å². The fraction of sp³-hybridized carbons (Fsp3) is 0.483. The molecule has 1 aliphatic rings. The van der Waals surface area contributed by atoms with Crippen LogP contribution < -0.4 is 4.90 Å². The fourth-order valence-corrected chi connectivity index (χ4v) is 5.63. The second-order valence-corrected chi connectivity index (χ2v) is 10.5. The van der Waals surface area contributed by atoms with Crippen LogP contribution in [0.25, 0.3) is 10.9 Å². The van der Waals surface area contributed by atoms with E-state index in [2.05, 4.69) is 17.0 Å². The van der Waals surface area contributed by atoms with Gasteiger partial charge in [0, 0.05) is 32.3 Å². The first-order valence-corrected chi connectivity index (χ1v) is 13.2. The lowest BCUT2D eigenvalue weighted by atomic mass is 9.78. The summed E-state index contributed by atoms with van der Waals surface area (Å²) >= 11 is 6.03. The second-order valence-electron chi connectivity index (χ2n) is 10.1. The largest absolute Gasteiger partial charge is 0.362 e. The highest BCUT2D eigenvalue weighted by Crippen LogP contribution is 2.35. The topological polar surface area (TPSA) is 46.1 Å². The molecule has 0 bridgehead atoms. The molecule has 4 nitrogen and oxygen atoms in total. The molecule has 0 amide bonds. The van der Waals surface area contributed by atoms with Gasteiger partial charge in [-0.1, -0.05) is 68.3 Å². The van der Waals surface area contributed by atoms with Crippen molar-refractivity contribution in [1.29, 1.82) is 0 Å². The summed E-state index contributed by atoms with van der Waals surface area (Å²) in [4.78, 5) is 24.1. The number of hydrogen-bond donors (Lipinski definition) is 0. The average molecular weight is 496 g/mol. The van der Waals surface area contributed by atoms with Crippen LogP contribution in [0.2, 0.25) is 5.02 Å². The fourth-order valence-electron chi connectivity index (χ4n) is 5.36. The Bertz CT molecular complexity index is 1140. The maximum Gasteiger partial charge on any atom is 0.167 e. The van der Waals surface area contributed by atoms with Gasteiger partial charge in [0.25, 0.3) is 0 Å². The first-order valence-electron chi connectivity index (χ1n) is 12.8. The molecule has 0 N–H and O–H groups in total. The Morgan fingerprint density at radius 2 is 1.66 bits per heavy atom. The number of Topliss-reactive ketones (excluding diaryl/α,β-unsaturated/α-hetero) is 1. The van der Waals surface area contributed by atoms with Gasteiger partial charge in [-0.15, -0.1) is 0 Å². The summed E-state index contributed by atoms with van der Waals surface area (Å²) in [7, 11) is 4.06. The summed E-state index contributed by atoms with van der Waals surface area (Å²) in [5.74, 6) is 2.65. The number of aromatic nitrogens is 2. The molecule has 1 heterocycles. The van der Waals surface area contributed by atoms with Gasteiger partial charge in [0.15, 0.2) is 5.78 Å². The van der Waals surface area contributed by atoms with Crippen molar-refractivity contribution in [2.24, 2.45) is 11.8 Å². The van der Waals surface area contributed by atoms with Crippen molar-refractivity contribution < 1.29 is 9.18 Å². The van der Waals surface area contributed by atoms with Crippen molar-refractivity contribution in [2.75, 3.05) is 19.0 Å². The number of nitrogens with zero attached hydrogens (tertiary/aromatic N) is 3. The van der Waals surface area contributed by atoms with E-state index in [9.17, 15) is 9.18 Å². The van der Waals surface area contributed by atoms with Crippen LogP contribution in [0.4, 0.5) is 10.2 Å². The number of aryl methyl sites for hydroxylation is 1. The standard InChI is InChI=1S/C29H35ClFN3O/c1-34(2)29-22-10-3-4-13-25(22)32-27(33-29)15-6-9-21-18-16-20(17-19-21)8-5-14-26(35)28-23(30)11-7-12-24(28)31/h3-4,7,10-13,20-21H,5-6,8-9,14-19H2,1-2H3. The first kappa shape index (κ1) is 25.6. The van der Waals surface area contributed by atoms with Crippen molar-refractivity contribution in [3.05, 3.63) is 64.7 Å². The molecule has 4 rings (SSSR count). The van der Waals surface area contributed by atoms with E-state index in [-0.39, 0.29) is 16.4 Å². The minimum atomic E-state index is -0.518. The molecule has 1 aromatic heterocycles. The van der Waals surface area contributed by atoms with Crippen molar-refractivity contribution in [3.63, 3.8) is 0 Å². The highest BCUT2D eigenvalue weighted by Gasteiger charge is 2.22. The molecule has 0 aliphatic heterocycles. The lowest BCUT2D eigenvalue weighted by molar-refractivity contribution is 0.0972. The van der Waals surface area contributed by atoms with E-state index in [4.69, 9.17) is 21.6 Å². The van der Waals surface area contributed by atoms with Crippen molar-refractivity contribution in [2.45, 2.75) is 64.2 Å². The molecule has 1 saturated carbocycles. The van der Waals surface area contributed by atoms with Crippen LogP contribution in [0.15, 0.2) is 42.5 Å². The van der Waals surface area contributed by atoms with E-state index in [0.29, 0.717) is 12.3 Å². The summed E-state index contributed by atoms with van der Waals surface area (Å²) in [6.45, 7) is 0. The Morgan fingerprint density at radius 3 is 2.34 bits per heavy atom. The number of hydrogen-bond acceptors (Lipinski definition) is 4. The molecule has 1 fully saturated rings. The van der Waals surface area contributed by atoms with Crippen LogP contribution in [0.3, 0.4) is 0 Å². The molecular formula is C29H35ClFN3O. The zero-order valence-corrected chi connectivity index (χ0v) is 21.5. The number of anilines is 1. The molecule has 0 radical (unpaired) electrons. The lowest BCUT2D eigenvalue weighted by Gasteiger charge is -2.28. The van der Waals surface area contributed by atoms with Crippen molar-refractivity contribution >= 4 is 34.1 Å². The number of halogens is 2. The smallest absolute Gasteiger partial charge is 0.167 e. The van der Waals surface area contributed by atoms with Gasteiger partial charge in [-0.25, -0.2) is 14.4 Å². The Hall–Kier alpha value is -2.53. The van der Waals surface area contributed by atoms with Crippen LogP contribution in [0.5, 0.6) is 0 Å². The van der Waals surface area contributed by atoms with E-state index >= 15 is 0 Å². The molecule has 186 valence electrons. The quantitative estimate of drug-likeness (QED) is 0.271. The molecule has 1 aliphatic carbocycles. The van der Waals surface area contributed by atoms with E-state index in [1.165, 1.54) is 44.2 Å². The SMILES string of the molecule is CN(C)c1nc(CCCC2CCC(CCCC(=O)c3c(F)cccc3Cl)CC2)nc2ccccc12. The minimum Gasteiger partial charge on any atom is -0.362 e. The predicted octanol–water partition coefficient (Wildman–Crippen LogP) is 7.67. The number of carbonyl (C=O) groups excluding carboxylic acids is 1. The number of rotatable bonds is 10. The minimum absolute atomic E-state index is 0.0472. The second kappa shape index (κ2) is 11.9. The highest BCUT2D eigenvalue weighted by atomic mass is 35.5. The zero-order chi connectivity index (χ0) is 24.8. The van der Waals surface area contributed by atoms with Crippen molar-refractivity contribution in [1.82, 2.24) is 9.97 Å². The number of benzene rings is 2. The first-order chi connectivity index (χ1) is 16.9. The summed E-state index contributed by atoms with van der Waals surface area (Å²) in [6.07, 6.45) is 10.4. The van der Waals surface area contributed by atoms with Gasteiger partial charge in [-0.3, -0.25) is 4.79 Å². The molecule has 35 heavy (non-hydrogen) atoms. The maximum absolute atomic E-state index is 13.9. The van der Waals surface area contributed by atoms with E-state index in [0.717, 1.165) is 54.1 Å². The highest BCUT2D eigenvalue weighted by molar-refractivity contribution is 6.34. The number of para-hydroxylation sites is 1. The summed E-state index contributed by atoms with van der Waals surface area (Å²) in [6, 6.07) is 12.6. The van der Waals surface area contributed by atoms with Crippen LogP contribution >= 0.6 is 11.6 Å². The van der Waals surface area contributed by atoms with E-state index in [1.807, 2.05) is 26.2 Å². The van der Waals surface area contributed by atoms with E-state index < -0.39 is 5.82 Å². The van der Waals surface area contributed by atoms with E-state index in [1.54, 1.807) is 6.07 Å². The van der Waals surface area contributed by atoms with Gasteiger partial charge >= 0.3 is 0 Å². The van der Waals surface area contributed by atoms with Gasteiger partial charge in [-0.05, 0) is 48.9 Å². The number of fused-ring (bicyclic) bond motifs is 1. The Kier molecular flexibility index (Phi) is 8.72. The van der Waals surface area contributed by atoms with Crippen LogP contribution in [-0.4, -0.2) is 29.8 Å². The Labute approximate surface area is 212 Å². The lowest BCUT2D eigenvalue weighted by Crippen LogP contribution is -2.16. The molecule has 3 aromatic rings. The molecule has 2 aromatic carbocycles. The van der Waals surface area contributed by atoms with Gasteiger partial charge in [0.1, 0.15) is 17.5 Å². The third-order valence-electron chi connectivity index (χ3n) is 7.29. The Balaban J connectivity index is 1.19. The average Bonchev–Trinajstić information content (AvgIpc) is 2.84. The normalized spacial score (nSPS) is 18.1. The molecule has 0 atom stereocenters. The Morgan fingerprint density at radius 1 is 0.971 bits per heavy atom. The molecule has 0 saturated heterocycles. The summed E-state index contributed by atoms with van der Waals surface area (Å²) < 4.78 is 13.9. The third kappa shape index (κ3) is 6.58. The number of carbonyl (C=O) groups is 1. The molecular weight excluding hydrogens is 461 g/mol. The van der Waals surface area contributed by atoms with Crippen LogP contribution in [0, 0.1) is 17.7 Å². The molecule has 6 heteroatoms. The third-order valence-corrected chi connectivity index (χ3v) is 7.60. The van der Waals surface area contributed by atoms with Gasteiger partial charge in [-0.2, -0.15) is 0 Å². The molecule has 0 unspecified atom stereocenters. The monoisotopic (exact) mass is 495 g/mol. The molecule has 0 spiro atoms. The van der Waals surface area contributed by atoms with Crippen LogP contribution in [-0.2, 0) is 6.42 Å². The summed E-state index contributed by atoms with van der Waals surface area (Å²) in [5, 5.41) is 1.31.